The minimum atomic E-state index is -1.07. The van der Waals surface area contributed by atoms with E-state index in [1.54, 1.807) is 10.9 Å². The number of aromatic nitrogens is 3. The molecule has 4 rings (SSSR count). The molecule has 1 saturated heterocycles. The third kappa shape index (κ3) is 3.82. The number of aryl methyl sites for hydroxylation is 1. The predicted molar refractivity (Wildman–Crippen MR) is 102 cm³/mol. The molecular formula is C20H22N4O4. The fraction of sp³-hybridized carbons (Fsp3) is 0.400. The molecule has 8 nitrogen and oxygen atoms in total. The van der Waals surface area contributed by atoms with Gasteiger partial charge in [-0.15, -0.1) is 5.10 Å². The van der Waals surface area contributed by atoms with Gasteiger partial charge in [0.1, 0.15) is 5.58 Å². The van der Waals surface area contributed by atoms with Crippen molar-refractivity contribution < 1.29 is 14.3 Å². The van der Waals surface area contributed by atoms with E-state index in [1.165, 1.54) is 6.20 Å². The number of carbonyl (C=O) groups is 1. The number of benzene rings is 1. The molecule has 1 unspecified atom stereocenters. The number of carboxylic acids is 1. The molecular weight excluding hydrogens is 360 g/mol. The smallest absolute Gasteiger partial charge is 0.358 e. The number of hydrogen-bond acceptors (Lipinski definition) is 6. The summed E-state index contributed by atoms with van der Waals surface area (Å²) in [6.45, 7) is 4.84. The van der Waals surface area contributed by atoms with Crippen molar-refractivity contribution in [2.75, 3.05) is 13.1 Å². The van der Waals surface area contributed by atoms with Gasteiger partial charge < -0.3 is 9.52 Å². The molecule has 146 valence electrons. The van der Waals surface area contributed by atoms with Crippen molar-refractivity contribution in [3.63, 3.8) is 0 Å². The number of piperidine rings is 1. The van der Waals surface area contributed by atoms with Gasteiger partial charge in [0.05, 0.1) is 17.8 Å². The zero-order chi connectivity index (χ0) is 19.7. The number of fused-ring (bicyclic) bond motifs is 1. The monoisotopic (exact) mass is 382 g/mol. The van der Waals surface area contributed by atoms with Gasteiger partial charge in [0.25, 0.3) is 0 Å². The Bertz CT molecular complexity index is 1070. The van der Waals surface area contributed by atoms with Crippen LogP contribution in [0.25, 0.3) is 11.0 Å². The van der Waals surface area contributed by atoms with Crippen LogP contribution < -0.4 is 5.43 Å². The highest BCUT2D eigenvalue weighted by Gasteiger charge is 2.22. The maximum atomic E-state index is 12.8. The maximum Gasteiger partial charge on any atom is 0.358 e. The molecule has 8 heteroatoms. The molecule has 1 atom stereocenters. The number of aromatic carboxylic acids is 1. The number of likely N-dealkylation sites (tertiary alicyclic amines) is 1. The summed E-state index contributed by atoms with van der Waals surface area (Å²) in [5, 5.41) is 17.1. The summed E-state index contributed by atoms with van der Waals surface area (Å²) < 4.78 is 7.25. The quantitative estimate of drug-likeness (QED) is 0.722. The van der Waals surface area contributed by atoms with E-state index in [0.717, 1.165) is 31.5 Å². The lowest BCUT2D eigenvalue weighted by Gasteiger charge is -2.32. The van der Waals surface area contributed by atoms with Crippen LogP contribution in [0.1, 0.15) is 34.5 Å². The van der Waals surface area contributed by atoms with Crippen LogP contribution in [-0.2, 0) is 13.1 Å². The highest BCUT2D eigenvalue weighted by Crippen LogP contribution is 2.20. The normalized spacial score (nSPS) is 17.8. The van der Waals surface area contributed by atoms with E-state index in [9.17, 15) is 9.59 Å². The van der Waals surface area contributed by atoms with Crippen molar-refractivity contribution in [2.24, 2.45) is 5.92 Å². The van der Waals surface area contributed by atoms with Crippen molar-refractivity contribution in [1.82, 2.24) is 19.9 Å². The second-order valence-electron chi connectivity index (χ2n) is 7.46. The lowest BCUT2D eigenvalue weighted by molar-refractivity contribution is 0.0690. The number of hydrogen-bond donors (Lipinski definition) is 1. The van der Waals surface area contributed by atoms with Gasteiger partial charge >= 0.3 is 5.97 Å². The van der Waals surface area contributed by atoms with Crippen LogP contribution in [0.2, 0.25) is 0 Å². The minimum absolute atomic E-state index is 0.0226. The Morgan fingerprint density at radius 2 is 2.25 bits per heavy atom. The Morgan fingerprint density at radius 1 is 1.39 bits per heavy atom. The number of carboxylic acid groups (broad SMARTS) is 1. The largest absolute Gasteiger partial charge is 0.476 e. The first kappa shape index (κ1) is 18.4. The van der Waals surface area contributed by atoms with Gasteiger partial charge in [-0.3, -0.25) is 14.4 Å². The first-order chi connectivity index (χ1) is 13.5. The van der Waals surface area contributed by atoms with Crippen molar-refractivity contribution in [3.05, 3.63) is 57.7 Å². The molecule has 28 heavy (non-hydrogen) atoms. The summed E-state index contributed by atoms with van der Waals surface area (Å²) >= 11 is 0. The van der Waals surface area contributed by atoms with Crippen molar-refractivity contribution in [1.29, 1.82) is 0 Å². The molecule has 3 aromatic rings. The van der Waals surface area contributed by atoms with Gasteiger partial charge in [-0.2, -0.15) is 0 Å². The standard InChI is InChI=1S/C20H22N4O4/c1-13-4-5-18-16(7-13)19(25)15(12-28-18)10-23-6-2-3-14(8-23)9-24-11-17(20(26)27)21-22-24/h4-5,7,11-12,14H,2-3,6,8-10H2,1H3,(H,26,27). The summed E-state index contributed by atoms with van der Waals surface area (Å²) in [5.74, 6) is -0.748. The minimum Gasteiger partial charge on any atom is -0.476 e. The molecule has 0 bridgehead atoms. The summed E-state index contributed by atoms with van der Waals surface area (Å²) in [5.41, 5.74) is 2.28. The van der Waals surface area contributed by atoms with E-state index < -0.39 is 5.97 Å². The Morgan fingerprint density at radius 3 is 3.04 bits per heavy atom. The highest BCUT2D eigenvalue weighted by molar-refractivity contribution is 5.84. The molecule has 1 aliphatic heterocycles. The van der Waals surface area contributed by atoms with Crippen LogP contribution >= 0.6 is 0 Å². The molecule has 1 aliphatic rings. The van der Waals surface area contributed by atoms with Crippen LogP contribution in [0.5, 0.6) is 0 Å². The average Bonchev–Trinajstić information content (AvgIpc) is 3.14. The molecule has 0 radical (unpaired) electrons. The van der Waals surface area contributed by atoms with Gasteiger partial charge in [-0.05, 0) is 44.4 Å². The molecule has 1 N–H and O–H groups in total. The van der Waals surface area contributed by atoms with Gasteiger partial charge in [-0.25, -0.2) is 4.79 Å². The first-order valence-corrected chi connectivity index (χ1v) is 9.36. The SMILES string of the molecule is Cc1ccc2occ(CN3CCCC(Cn4cc(C(=O)O)nn4)C3)c(=O)c2c1. The Balaban J connectivity index is 1.46. The van der Waals surface area contributed by atoms with E-state index in [0.29, 0.717) is 35.5 Å². The van der Waals surface area contributed by atoms with Crippen molar-refractivity contribution in [2.45, 2.75) is 32.9 Å². The molecule has 0 saturated carbocycles. The van der Waals surface area contributed by atoms with E-state index in [-0.39, 0.29) is 11.1 Å². The van der Waals surface area contributed by atoms with Gasteiger partial charge in [-0.1, -0.05) is 16.8 Å². The molecule has 1 fully saturated rings. The van der Waals surface area contributed by atoms with E-state index in [4.69, 9.17) is 9.52 Å². The summed E-state index contributed by atoms with van der Waals surface area (Å²) in [6.07, 6.45) is 5.08. The maximum absolute atomic E-state index is 12.8. The molecule has 1 aromatic carbocycles. The zero-order valence-electron chi connectivity index (χ0n) is 15.7. The summed E-state index contributed by atoms with van der Waals surface area (Å²) in [4.78, 5) is 26.0. The van der Waals surface area contributed by atoms with Crippen LogP contribution in [0, 0.1) is 12.8 Å². The molecule has 3 heterocycles. The Hall–Kier alpha value is -3.00. The number of nitrogens with zero attached hydrogens (tertiary/aromatic N) is 4. The van der Waals surface area contributed by atoms with Gasteiger partial charge in [0.2, 0.25) is 0 Å². The fourth-order valence-electron chi connectivity index (χ4n) is 3.83. The Kier molecular flexibility index (Phi) is 4.95. The molecule has 0 aliphatic carbocycles. The van der Waals surface area contributed by atoms with Crippen LogP contribution in [0.15, 0.2) is 39.9 Å². The van der Waals surface area contributed by atoms with Crippen molar-refractivity contribution in [3.8, 4) is 0 Å². The van der Waals surface area contributed by atoms with Crippen LogP contribution in [0.3, 0.4) is 0 Å². The summed E-state index contributed by atoms with van der Waals surface area (Å²) in [6, 6.07) is 5.63. The van der Waals surface area contributed by atoms with Crippen molar-refractivity contribution >= 4 is 16.9 Å². The third-order valence-electron chi connectivity index (χ3n) is 5.20. The molecule has 2 aromatic heterocycles. The second-order valence-corrected chi connectivity index (χ2v) is 7.46. The first-order valence-electron chi connectivity index (χ1n) is 9.36. The third-order valence-corrected chi connectivity index (χ3v) is 5.20. The van der Waals surface area contributed by atoms with E-state index >= 15 is 0 Å². The average molecular weight is 382 g/mol. The molecule has 0 spiro atoms. The zero-order valence-corrected chi connectivity index (χ0v) is 15.7. The fourth-order valence-corrected chi connectivity index (χ4v) is 3.83. The summed E-state index contributed by atoms with van der Waals surface area (Å²) in [7, 11) is 0. The topological polar surface area (TPSA) is 101 Å². The van der Waals surface area contributed by atoms with E-state index in [2.05, 4.69) is 15.2 Å². The molecule has 0 amide bonds. The second kappa shape index (κ2) is 7.55. The Labute approximate surface area is 161 Å². The van der Waals surface area contributed by atoms with Crippen LogP contribution in [0.4, 0.5) is 0 Å². The van der Waals surface area contributed by atoms with E-state index in [1.807, 2.05) is 25.1 Å². The number of rotatable bonds is 5. The predicted octanol–water partition coefficient (Wildman–Crippen LogP) is 2.30. The van der Waals surface area contributed by atoms with Crippen LogP contribution in [-0.4, -0.2) is 44.1 Å². The highest BCUT2D eigenvalue weighted by atomic mass is 16.4. The van der Waals surface area contributed by atoms with Gasteiger partial charge in [0, 0.05) is 25.2 Å². The lowest BCUT2D eigenvalue weighted by atomic mass is 9.97. The lowest BCUT2D eigenvalue weighted by Crippen LogP contribution is -2.37. The van der Waals surface area contributed by atoms with Gasteiger partial charge in [0.15, 0.2) is 11.1 Å².